The molecular weight excluding hydrogens is 384 g/mol. The van der Waals surface area contributed by atoms with Gasteiger partial charge in [-0.25, -0.2) is 0 Å². The van der Waals surface area contributed by atoms with Gasteiger partial charge >= 0.3 is 5.97 Å². The molecule has 3 heteroatoms. The third kappa shape index (κ3) is 10.6. The zero-order chi connectivity index (χ0) is 23.7. The standard InChI is InChI=1S/C28H48O3/c1-21(2)17-15-13-11-9-10-12-14-16-18-25(29)31-22-19-23(27(3,4)5)26(30)24(20-22)28(6,7)8/h19-21,30H,9-18H2,1-8H3. The molecule has 0 aromatic heterocycles. The number of ether oxygens (including phenoxy) is 1. The van der Waals surface area contributed by atoms with Gasteiger partial charge in [-0.1, -0.05) is 107 Å². The van der Waals surface area contributed by atoms with E-state index in [9.17, 15) is 9.90 Å². The lowest BCUT2D eigenvalue weighted by atomic mass is 9.79. The normalized spacial score (nSPS) is 12.4. The number of esters is 1. The van der Waals surface area contributed by atoms with Gasteiger partial charge in [0.25, 0.3) is 0 Å². The summed E-state index contributed by atoms with van der Waals surface area (Å²) in [6.07, 6.45) is 11.6. The van der Waals surface area contributed by atoms with Crippen LogP contribution in [0.2, 0.25) is 0 Å². The average molecular weight is 433 g/mol. The van der Waals surface area contributed by atoms with Gasteiger partial charge in [0.1, 0.15) is 11.5 Å². The van der Waals surface area contributed by atoms with Crippen LogP contribution in [-0.2, 0) is 15.6 Å². The van der Waals surface area contributed by atoms with Crippen molar-refractivity contribution in [1.82, 2.24) is 0 Å². The van der Waals surface area contributed by atoms with Crippen molar-refractivity contribution < 1.29 is 14.6 Å². The van der Waals surface area contributed by atoms with Crippen molar-refractivity contribution in [2.45, 2.75) is 130 Å². The van der Waals surface area contributed by atoms with Gasteiger partial charge < -0.3 is 9.84 Å². The van der Waals surface area contributed by atoms with E-state index in [1.165, 1.54) is 44.9 Å². The molecule has 0 unspecified atom stereocenters. The van der Waals surface area contributed by atoms with Crippen molar-refractivity contribution in [3.8, 4) is 11.5 Å². The molecule has 0 aliphatic rings. The summed E-state index contributed by atoms with van der Waals surface area (Å²) in [4.78, 5) is 12.4. The zero-order valence-electron chi connectivity index (χ0n) is 21.6. The maximum absolute atomic E-state index is 12.4. The van der Waals surface area contributed by atoms with Gasteiger partial charge in [-0.2, -0.15) is 0 Å². The Hall–Kier alpha value is -1.51. The number of rotatable bonds is 12. The summed E-state index contributed by atoms with van der Waals surface area (Å²) in [5.41, 5.74) is 1.16. The van der Waals surface area contributed by atoms with Crippen LogP contribution in [0.4, 0.5) is 0 Å². The van der Waals surface area contributed by atoms with Crippen LogP contribution in [0.15, 0.2) is 12.1 Å². The van der Waals surface area contributed by atoms with E-state index in [-0.39, 0.29) is 16.8 Å². The molecule has 3 nitrogen and oxygen atoms in total. The highest BCUT2D eigenvalue weighted by Gasteiger charge is 2.27. The largest absolute Gasteiger partial charge is 0.507 e. The molecule has 0 saturated heterocycles. The SMILES string of the molecule is CC(C)CCCCCCCCCCC(=O)Oc1cc(C(C)(C)C)c(O)c(C(C)(C)C)c1. The molecule has 1 aromatic carbocycles. The second kappa shape index (κ2) is 12.5. The highest BCUT2D eigenvalue weighted by molar-refractivity contribution is 5.72. The zero-order valence-corrected chi connectivity index (χ0v) is 21.6. The number of phenolic OH excluding ortho intramolecular Hbond substituents is 1. The fourth-order valence-corrected chi connectivity index (χ4v) is 3.88. The summed E-state index contributed by atoms with van der Waals surface area (Å²) in [7, 11) is 0. The Morgan fingerprint density at radius 1 is 0.806 bits per heavy atom. The van der Waals surface area contributed by atoms with Crippen molar-refractivity contribution in [2.75, 3.05) is 0 Å². The van der Waals surface area contributed by atoms with E-state index in [1.807, 2.05) is 12.1 Å². The molecule has 0 aliphatic carbocycles. The Labute approximate surface area is 192 Å². The monoisotopic (exact) mass is 432 g/mol. The number of aromatic hydroxyl groups is 1. The minimum absolute atomic E-state index is 0.181. The van der Waals surface area contributed by atoms with Crippen LogP contribution in [0.3, 0.4) is 0 Å². The van der Waals surface area contributed by atoms with Crippen LogP contribution in [0.5, 0.6) is 11.5 Å². The van der Waals surface area contributed by atoms with Crippen LogP contribution >= 0.6 is 0 Å². The summed E-state index contributed by atoms with van der Waals surface area (Å²) in [5.74, 6) is 1.49. The third-order valence-corrected chi connectivity index (χ3v) is 5.84. The Bertz CT molecular complexity index is 639. The van der Waals surface area contributed by atoms with Crippen LogP contribution in [0.1, 0.15) is 131 Å². The van der Waals surface area contributed by atoms with Crippen LogP contribution in [-0.4, -0.2) is 11.1 Å². The highest BCUT2D eigenvalue weighted by atomic mass is 16.5. The van der Waals surface area contributed by atoms with Crippen molar-refractivity contribution in [3.63, 3.8) is 0 Å². The lowest BCUT2D eigenvalue weighted by molar-refractivity contribution is -0.134. The molecule has 0 heterocycles. The molecule has 0 atom stereocenters. The lowest BCUT2D eigenvalue weighted by Gasteiger charge is -2.27. The first-order valence-corrected chi connectivity index (χ1v) is 12.4. The van der Waals surface area contributed by atoms with Crippen LogP contribution in [0.25, 0.3) is 0 Å². The van der Waals surface area contributed by atoms with Gasteiger partial charge in [-0.05, 0) is 35.3 Å². The average Bonchev–Trinajstić information content (AvgIpc) is 2.62. The molecule has 1 N–H and O–H groups in total. The van der Waals surface area contributed by atoms with Crippen molar-refractivity contribution in [1.29, 1.82) is 0 Å². The van der Waals surface area contributed by atoms with E-state index in [2.05, 4.69) is 55.4 Å². The second-order valence-electron chi connectivity index (χ2n) is 11.6. The molecule has 31 heavy (non-hydrogen) atoms. The number of hydrogen-bond acceptors (Lipinski definition) is 3. The van der Waals surface area contributed by atoms with E-state index >= 15 is 0 Å². The number of hydrogen-bond donors (Lipinski definition) is 1. The predicted molar refractivity (Wildman–Crippen MR) is 132 cm³/mol. The van der Waals surface area contributed by atoms with E-state index in [1.54, 1.807) is 0 Å². The summed E-state index contributed by atoms with van der Waals surface area (Å²) in [5, 5.41) is 10.8. The topological polar surface area (TPSA) is 46.5 Å². The molecule has 0 saturated carbocycles. The Morgan fingerprint density at radius 3 is 1.65 bits per heavy atom. The Kier molecular flexibility index (Phi) is 11.1. The van der Waals surface area contributed by atoms with Gasteiger partial charge in [0, 0.05) is 17.5 Å². The summed E-state index contributed by atoms with van der Waals surface area (Å²) >= 11 is 0. The van der Waals surface area contributed by atoms with E-state index in [0.29, 0.717) is 17.9 Å². The van der Waals surface area contributed by atoms with Crippen molar-refractivity contribution >= 4 is 5.97 Å². The first-order chi connectivity index (χ1) is 14.3. The predicted octanol–water partition coefficient (Wildman–Crippen LogP) is 8.45. The minimum atomic E-state index is -0.235. The molecule has 1 rings (SSSR count). The Morgan fingerprint density at radius 2 is 1.23 bits per heavy atom. The van der Waals surface area contributed by atoms with E-state index in [0.717, 1.165) is 29.9 Å². The number of benzene rings is 1. The Balaban J connectivity index is 2.47. The quantitative estimate of drug-likeness (QED) is 0.205. The molecule has 0 aliphatic heterocycles. The van der Waals surface area contributed by atoms with Crippen LogP contribution < -0.4 is 4.74 Å². The molecule has 0 radical (unpaired) electrons. The first-order valence-electron chi connectivity index (χ1n) is 12.4. The number of carbonyl (C=O) groups excluding carboxylic acids is 1. The summed E-state index contributed by atoms with van der Waals surface area (Å²) in [6.45, 7) is 16.9. The second-order valence-corrected chi connectivity index (χ2v) is 11.6. The summed E-state index contributed by atoms with van der Waals surface area (Å²) < 4.78 is 5.68. The lowest BCUT2D eigenvalue weighted by Crippen LogP contribution is -2.18. The van der Waals surface area contributed by atoms with Gasteiger partial charge in [0.05, 0.1) is 0 Å². The molecule has 0 bridgehead atoms. The van der Waals surface area contributed by atoms with Gasteiger partial charge in [-0.15, -0.1) is 0 Å². The molecule has 0 fully saturated rings. The number of unbranched alkanes of at least 4 members (excludes halogenated alkanes) is 7. The van der Waals surface area contributed by atoms with E-state index in [4.69, 9.17) is 4.74 Å². The highest BCUT2D eigenvalue weighted by Crippen LogP contribution is 2.41. The molecule has 0 spiro atoms. The molecule has 0 amide bonds. The van der Waals surface area contributed by atoms with E-state index < -0.39 is 0 Å². The number of carbonyl (C=O) groups is 1. The van der Waals surface area contributed by atoms with Gasteiger partial charge in [0.15, 0.2) is 0 Å². The maximum atomic E-state index is 12.4. The fourth-order valence-electron chi connectivity index (χ4n) is 3.88. The summed E-state index contributed by atoms with van der Waals surface area (Å²) in [6, 6.07) is 3.64. The fraction of sp³-hybridized carbons (Fsp3) is 0.750. The molecule has 178 valence electrons. The van der Waals surface area contributed by atoms with Crippen LogP contribution in [0, 0.1) is 5.92 Å². The number of phenols is 1. The van der Waals surface area contributed by atoms with Crippen molar-refractivity contribution in [3.05, 3.63) is 23.3 Å². The first kappa shape index (κ1) is 27.5. The third-order valence-electron chi connectivity index (χ3n) is 5.84. The molecular formula is C28H48O3. The molecule has 1 aromatic rings. The van der Waals surface area contributed by atoms with Gasteiger partial charge in [0.2, 0.25) is 0 Å². The maximum Gasteiger partial charge on any atom is 0.311 e. The van der Waals surface area contributed by atoms with Gasteiger partial charge in [-0.3, -0.25) is 4.79 Å². The van der Waals surface area contributed by atoms with Crippen molar-refractivity contribution in [2.24, 2.45) is 5.92 Å². The smallest absolute Gasteiger partial charge is 0.311 e. The minimum Gasteiger partial charge on any atom is -0.507 e.